The van der Waals surface area contributed by atoms with Gasteiger partial charge in [0.1, 0.15) is 5.75 Å². The van der Waals surface area contributed by atoms with Gasteiger partial charge in [-0.15, -0.1) is 21.5 Å². The summed E-state index contributed by atoms with van der Waals surface area (Å²) in [6.45, 7) is 2.11. The van der Waals surface area contributed by atoms with Crippen LogP contribution in [0.3, 0.4) is 0 Å². The molecule has 5 nitrogen and oxygen atoms in total. The van der Waals surface area contributed by atoms with Crippen LogP contribution >= 0.6 is 46.3 Å². The Balaban J connectivity index is 1.41. The van der Waals surface area contributed by atoms with Gasteiger partial charge in [0.15, 0.2) is 11.0 Å². The molecule has 1 fully saturated rings. The van der Waals surface area contributed by atoms with Gasteiger partial charge in [-0.3, -0.25) is 4.57 Å². The fraction of sp³-hybridized carbons (Fsp3) is 0.368. The summed E-state index contributed by atoms with van der Waals surface area (Å²) in [6, 6.07) is 9.32. The molecule has 1 unspecified atom stereocenters. The molecule has 4 rings (SSSR count). The van der Waals surface area contributed by atoms with E-state index in [4.69, 9.17) is 32.7 Å². The molecule has 0 amide bonds. The van der Waals surface area contributed by atoms with Crippen molar-refractivity contribution in [2.24, 2.45) is 0 Å². The first-order valence-electron chi connectivity index (χ1n) is 9.00. The van der Waals surface area contributed by atoms with Crippen molar-refractivity contribution in [2.45, 2.75) is 30.6 Å². The van der Waals surface area contributed by atoms with E-state index in [-0.39, 0.29) is 6.10 Å². The third-order valence-electron chi connectivity index (χ3n) is 4.33. The van der Waals surface area contributed by atoms with Crippen LogP contribution in [0.25, 0.3) is 10.7 Å². The molecule has 2 aromatic heterocycles. The summed E-state index contributed by atoms with van der Waals surface area (Å²) in [7, 11) is 0. The predicted molar refractivity (Wildman–Crippen MR) is 115 cm³/mol. The van der Waals surface area contributed by atoms with Crippen LogP contribution < -0.4 is 4.74 Å². The van der Waals surface area contributed by atoms with Gasteiger partial charge < -0.3 is 9.47 Å². The lowest BCUT2D eigenvalue weighted by atomic mass is 10.2. The number of thiophene rings is 1. The predicted octanol–water partition coefficient (Wildman–Crippen LogP) is 5.66. The van der Waals surface area contributed by atoms with E-state index in [1.807, 2.05) is 6.07 Å². The van der Waals surface area contributed by atoms with E-state index in [1.165, 1.54) is 0 Å². The summed E-state index contributed by atoms with van der Waals surface area (Å²) in [4.78, 5) is 1.11. The summed E-state index contributed by atoms with van der Waals surface area (Å²) in [5.74, 6) is 2.26. The van der Waals surface area contributed by atoms with Crippen molar-refractivity contribution >= 4 is 46.3 Å². The van der Waals surface area contributed by atoms with Crippen molar-refractivity contribution in [2.75, 3.05) is 19.0 Å². The molecule has 1 saturated heterocycles. The van der Waals surface area contributed by atoms with Gasteiger partial charge in [0, 0.05) is 17.4 Å². The fourth-order valence-corrected chi connectivity index (χ4v) is 4.96. The van der Waals surface area contributed by atoms with E-state index in [0.29, 0.717) is 22.4 Å². The van der Waals surface area contributed by atoms with Crippen molar-refractivity contribution in [1.29, 1.82) is 0 Å². The molecule has 3 heterocycles. The van der Waals surface area contributed by atoms with E-state index >= 15 is 0 Å². The highest BCUT2D eigenvalue weighted by atomic mass is 35.5. The van der Waals surface area contributed by atoms with Crippen LogP contribution in [0.4, 0.5) is 0 Å². The van der Waals surface area contributed by atoms with Crippen LogP contribution in [0, 0.1) is 0 Å². The number of benzene rings is 1. The number of rotatable bonds is 8. The zero-order valence-electron chi connectivity index (χ0n) is 15.0. The topological polar surface area (TPSA) is 49.2 Å². The second-order valence-corrected chi connectivity index (χ2v) is 9.15. The number of ether oxygens (including phenoxy) is 2. The van der Waals surface area contributed by atoms with Crippen molar-refractivity contribution in [3.05, 3.63) is 45.8 Å². The second-order valence-electron chi connectivity index (χ2n) is 6.30. The van der Waals surface area contributed by atoms with Gasteiger partial charge in [-0.25, -0.2) is 0 Å². The smallest absolute Gasteiger partial charge is 0.191 e. The maximum Gasteiger partial charge on any atom is 0.191 e. The lowest BCUT2D eigenvalue weighted by Gasteiger charge is -2.14. The van der Waals surface area contributed by atoms with E-state index < -0.39 is 0 Å². The molecule has 3 aromatic rings. The average molecular weight is 456 g/mol. The van der Waals surface area contributed by atoms with Crippen molar-refractivity contribution in [3.8, 4) is 16.5 Å². The van der Waals surface area contributed by atoms with Crippen LogP contribution in [0.5, 0.6) is 5.75 Å². The Kier molecular flexibility index (Phi) is 6.80. The van der Waals surface area contributed by atoms with Gasteiger partial charge in [-0.2, -0.15) is 0 Å². The summed E-state index contributed by atoms with van der Waals surface area (Å²) in [5.41, 5.74) is 0. The second kappa shape index (κ2) is 9.50. The molecule has 0 radical (unpaired) electrons. The Morgan fingerprint density at radius 2 is 2.21 bits per heavy atom. The Labute approximate surface area is 182 Å². The Bertz CT molecular complexity index is 912. The minimum atomic E-state index is 0.221. The maximum atomic E-state index is 6.15. The third-order valence-corrected chi connectivity index (χ3v) is 6.66. The summed E-state index contributed by atoms with van der Waals surface area (Å²) < 4.78 is 13.8. The van der Waals surface area contributed by atoms with E-state index in [1.54, 1.807) is 41.3 Å². The number of thioether (sulfide) groups is 1. The number of nitrogens with zero attached hydrogens (tertiary/aromatic N) is 3. The fourth-order valence-electron chi connectivity index (χ4n) is 3.02. The monoisotopic (exact) mass is 455 g/mol. The Hall–Kier alpha value is -1.25. The Morgan fingerprint density at radius 1 is 1.29 bits per heavy atom. The van der Waals surface area contributed by atoms with Gasteiger partial charge in [-0.05, 0) is 42.5 Å². The molecule has 0 N–H and O–H groups in total. The highest BCUT2D eigenvalue weighted by molar-refractivity contribution is 7.99. The minimum absolute atomic E-state index is 0.221. The van der Waals surface area contributed by atoms with Crippen molar-refractivity contribution in [1.82, 2.24) is 14.8 Å². The molecule has 148 valence electrons. The van der Waals surface area contributed by atoms with Crippen LogP contribution in [-0.4, -0.2) is 39.8 Å². The zero-order valence-corrected chi connectivity index (χ0v) is 18.2. The largest absolute Gasteiger partial charge is 0.491 e. The average Bonchev–Trinajstić information content (AvgIpc) is 3.43. The van der Waals surface area contributed by atoms with E-state index in [2.05, 4.69) is 26.2 Å². The zero-order chi connectivity index (χ0) is 19.3. The quantitative estimate of drug-likeness (QED) is 0.323. The van der Waals surface area contributed by atoms with Crippen LogP contribution in [0.2, 0.25) is 10.0 Å². The van der Waals surface area contributed by atoms with E-state index in [0.717, 1.165) is 47.6 Å². The molecule has 0 aliphatic carbocycles. The van der Waals surface area contributed by atoms with Gasteiger partial charge in [-0.1, -0.05) is 41.0 Å². The summed E-state index contributed by atoms with van der Waals surface area (Å²) in [5, 5.41) is 12.9. The van der Waals surface area contributed by atoms with Crippen LogP contribution in [0.1, 0.15) is 12.8 Å². The maximum absolute atomic E-state index is 6.15. The van der Waals surface area contributed by atoms with E-state index in [9.17, 15) is 0 Å². The number of aromatic nitrogens is 3. The first-order valence-corrected chi connectivity index (χ1v) is 11.6. The lowest BCUT2D eigenvalue weighted by Crippen LogP contribution is -2.16. The first-order chi connectivity index (χ1) is 13.7. The molecule has 28 heavy (non-hydrogen) atoms. The molecule has 1 atom stereocenters. The SMILES string of the molecule is Clc1ccc(OCCSc2nnc(-c3cccs3)n2CC2CCCO2)c(Cl)c1. The molecule has 1 aliphatic rings. The number of halogens is 2. The normalized spacial score (nSPS) is 16.6. The summed E-state index contributed by atoms with van der Waals surface area (Å²) >= 11 is 15.4. The van der Waals surface area contributed by atoms with Gasteiger partial charge >= 0.3 is 0 Å². The van der Waals surface area contributed by atoms with Crippen LogP contribution in [0.15, 0.2) is 40.9 Å². The first kappa shape index (κ1) is 20.0. The molecule has 0 saturated carbocycles. The molecule has 9 heteroatoms. The number of hydrogen-bond donors (Lipinski definition) is 0. The highest BCUT2D eigenvalue weighted by Crippen LogP contribution is 2.30. The Morgan fingerprint density at radius 3 is 2.96 bits per heavy atom. The van der Waals surface area contributed by atoms with Gasteiger partial charge in [0.25, 0.3) is 0 Å². The standard InChI is InChI=1S/C19H19Cl2N3O2S2/c20-13-5-6-16(15(21)11-13)26-8-10-28-19-23-22-18(17-4-2-9-27-17)24(19)12-14-3-1-7-25-14/h2,4-6,9,11,14H,1,3,7-8,10,12H2. The molecule has 0 bridgehead atoms. The molecular formula is C19H19Cl2N3O2S2. The molecule has 1 aliphatic heterocycles. The molecule has 0 spiro atoms. The van der Waals surface area contributed by atoms with Crippen LogP contribution in [-0.2, 0) is 11.3 Å². The molecule has 1 aromatic carbocycles. The lowest BCUT2D eigenvalue weighted by molar-refractivity contribution is 0.0953. The molecular weight excluding hydrogens is 437 g/mol. The van der Waals surface area contributed by atoms with Crippen molar-refractivity contribution < 1.29 is 9.47 Å². The minimum Gasteiger partial charge on any atom is -0.491 e. The highest BCUT2D eigenvalue weighted by Gasteiger charge is 2.22. The number of hydrogen-bond acceptors (Lipinski definition) is 6. The van der Waals surface area contributed by atoms with Gasteiger partial charge in [0.2, 0.25) is 0 Å². The summed E-state index contributed by atoms with van der Waals surface area (Å²) in [6.07, 6.45) is 2.40. The third kappa shape index (κ3) is 4.83. The van der Waals surface area contributed by atoms with Gasteiger partial charge in [0.05, 0.1) is 29.2 Å². The van der Waals surface area contributed by atoms with Crippen molar-refractivity contribution in [3.63, 3.8) is 0 Å².